The van der Waals surface area contributed by atoms with Crippen LogP contribution in [0.4, 0.5) is 5.82 Å². The van der Waals surface area contributed by atoms with Crippen molar-refractivity contribution in [3.8, 4) is 0 Å². The third kappa shape index (κ3) is 5.77. The maximum atomic E-state index is 11.7. The summed E-state index contributed by atoms with van der Waals surface area (Å²) in [6, 6.07) is 4.34. The standard InChI is InChI=1S/C14H23N3O/c1-10(2)15-7-5-6-14(18)17-13-9-11(3)8-12(4)16-13/h8-10,15H,5-7H2,1-4H3,(H,16,17,18). The summed E-state index contributed by atoms with van der Waals surface area (Å²) in [6.07, 6.45) is 1.36. The second-order valence-corrected chi connectivity index (χ2v) is 4.93. The monoisotopic (exact) mass is 249 g/mol. The fourth-order valence-corrected chi connectivity index (χ4v) is 1.75. The average Bonchev–Trinajstić information content (AvgIpc) is 2.22. The van der Waals surface area contributed by atoms with E-state index in [1.54, 1.807) is 0 Å². The van der Waals surface area contributed by atoms with Gasteiger partial charge in [0.1, 0.15) is 5.82 Å². The van der Waals surface area contributed by atoms with E-state index in [1.165, 1.54) is 0 Å². The highest BCUT2D eigenvalue weighted by molar-refractivity contribution is 5.89. The van der Waals surface area contributed by atoms with Crippen LogP contribution in [0.3, 0.4) is 0 Å². The van der Waals surface area contributed by atoms with Gasteiger partial charge in [-0.3, -0.25) is 4.79 Å². The molecular formula is C14H23N3O. The molecule has 0 fully saturated rings. The van der Waals surface area contributed by atoms with Gasteiger partial charge in [-0.25, -0.2) is 4.98 Å². The number of amides is 1. The number of carbonyl (C=O) groups is 1. The van der Waals surface area contributed by atoms with E-state index >= 15 is 0 Å². The molecule has 0 bridgehead atoms. The number of carbonyl (C=O) groups excluding carboxylic acids is 1. The Morgan fingerprint density at radius 1 is 1.33 bits per heavy atom. The van der Waals surface area contributed by atoms with Crippen LogP contribution >= 0.6 is 0 Å². The van der Waals surface area contributed by atoms with Gasteiger partial charge in [-0.15, -0.1) is 0 Å². The molecule has 1 heterocycles. The number of pyridine rings is 1. The highest BCUT2D eigenvalue weighted by atomic mass is 16.1. The van der Waals surface area contributed by atoms with Crippen LogP contribution in [0.25, 0.3) is 0 Å². The molecule has 0 saturated heterocycles. The van der Waals surface area contributed by atoms with Crippen molar-refractivity contribution in [3.63, 3.8) is 0 Å². The number of aryl methyl sites for hydroxylation is 2. The third-order valence-electron chi connectivity index (χ3n) is 2.50. The molecule has 2 N–H and O–H groups in total. The van der Waals surface area contributed by atoms with Crippen molar-refractivity contribution in [2.75, 3.05) is 11.9 Å². The van der Waals surface area contributed by atoms with E-state index in [2.05, 4.69) is 29.5 Å². The van der Waals surface area contributed by atoms with Gasteiger partial charge in [-0.2, -0.15) is 0 Å². The second kappa shape index (κ2) is 7.11. The number of aromatic nitrogens is 1. The first-order chi connectivity index (χ1) is 8.47. The normalized spacial score (nSPS) is 10.7. The van der Waals surface area contributed by atoms with Gasteiger partial charge in [0.15, 0.2) is 0 Å². The molecule has 1 rings (SSSR count). The average molecular weight is 249 g/mol. The zero-order valence-electron chi connectivity index (χ0n) is 11.7. The highest BCUT2D eigenvalue weighted by Gasteiger charge is 2.04. The minimum Gasteiger partial charge on any atom is -0.315 e. The molecule has 18 heavy (non-hydrogen) atoms. The Bertz CT molecular complexity index is 382. The maximum Gasteiger partial charge on any atom is 0.225 e. The van der Waals surface area contributed by atoms with E-state index in [4.69, 9.17) is 0 Å². The summed E-state index contributed by atoms with van der Waals surface area (Å²) in [5.74, 6) is 0.673. The molecule has 0 aliphatic heterocycles. The molecule has 0 radical (unpaired) electrons. The third-order valence-corrected chi connectivity index (χ3v) is 2.50. The lowest BCUT2D eigenvalue weighted by Gasteiger charge is -2.08. The lowest BCUT2D eigenvalue weighted by atomic mass is 10.2. The van der Waals surface area contributed by atoms with Crippen molar-refractivity contribution in [2.24, 2.45) is 0 Å². The van der Waals surface area contributed by atoms with E-state index in [0.717, 1.165) is 24.2 Å². The zero-order valence-corrected chi connectivity index (χ0v) is 11.7. The molecule has 1 amide bonds. The summed E-state index contributed by atoms with van der Waals surface area (Å²) in [5, 5.41) is 6.12. The Morgan fingerprint density at radius 2 is 2.06 bits per heavy atom. The fraction of sp³-hybridized carbons (Fsp3) is 0.571. The van der Waals surface area contributed by atoms with Crippen LogP contribution in [0.5, 0.6) is 0 Å². The number of rotatable bonds is 6. The molecule has 0 aromatic carbocycles. The van der Waals surface area contributed by atoms with Crippen molar-refractivity contribution in [3.05, 3.63) is 23.4 Å². The number of nitrogens with one attached hydrogen (secondary N) is 2. The van der Waals surface area contributed by atoms with E-state index in [0.29, 0.717) is 18.3 Å². The minimum absolute atomic E-state index is 0.0260. The first-order valence-electron chi connectivity index (χ1n) is 6.46. The molecule has 0 aliphatic rings. The molecule has 1 aromatic rings. The molecule has 0 spiro atoms. The zero-order chi connectivity index (χ0) is 13.5. The van der Waals surface area contributed by atoms with Gasteiger partial charge in [0, 0.05) is 18.2 Å². The predicted octanol–water partition coefficient (Wildman–Crippen LogP) is 2.42. The molecule has 0 saturated carbocycles. The van der Waals surface area contributed by atoms with E-state index in [9.17, 15) is 4.79 Å². The predicted molar refractivity (Wildman–Crippen MR) is 74.7 cm³/mol. The second-order valence-electron chi connectivity index (χ2n) is 4.93. The van der Waals surface area contributed by atoms with Crippen molar-refractivity contribution in [2.45, 2.75) is 46.6 Å². The Hall–Kier alpha value is -1.42. The Labute approximate surface area is 109 Å². The van der Waals surface area contributed by atoms with Gasteiger partial charge in [0.25, 0.3) is 0 Å². The lowest BCUT2D eigenvalue weighted by molar-refractivity contribution is -0.116. The van der Waals surface area contributed by atoms with Gasteiger partial charge in [0.2, 0.25) is 5.91 Å². The topological polar surface area (TPSA) is 54.0 Å². The lowest BCUT2D eigenvalue weighted by Crippen LogP contribution is -2.24. The van der Waals surface area contributed by atoms with E-state index in [1.807, 2.05) is 26.0 Å². The van der Waals surface area contributed by atoms with Gasteiger partial charge < -0.3 is 10.6 Å². The molecule has 0 unspecified atom stereocenters. The van der Waals surface area contributed by atoms with Gasteiger partial charge in [0.05, 0.1) is 0 Å². The first-order valence-corrected chi connectivity index (χ1v) is 6.46. The molecule has 1 aromatic heterocycles. The summed E-state index contributed by atoms with van der Waals surface area (Å²) < 4.78 is 0. The van der Waals surface area contributed by atoms with Crippen molar-refractivity contribution in [1.29, 1.82) is 0 Å². The van der Waals surface area contributed by atoms with E-state index in [-0.39, 0.29) is 5.91 Å². The quantitative estimate of drug-likeness (QED) is 0.761. The van der Waals surface area contributed by atoms with Crippen LogP contribution in [0.1, 0.15) is 37.9 Å². The number of hydrogen-bond acceptors (Lipinski definition) is 3. The van der Waals surface area contributed by atoms with Crippen LogP contribution in [-0.4, -0.2) is 23.5 Å². The van der Waals surface area contributed by atoms with Crippen molar-refractivity contribution < 1.29 is 4.79 Å². The van der Waals surface area contributed by atoms with Gasteiger partial charge >= 0.3 is 0 Å². The maximum absolute atomic E-state index is 11.7. The molecule has 4 heteroatoms. The Balaban J connectivity index is 2.35. The SMILES string of the molecule is Cc1cc(C)nc(NC(=O)CCCNC(C)C)c1. The van der Waals surface area contributed by atoms with Gasteiger partial charge in [-0.05, 0) is 44.5 Å². The van der Waals surface area contributed by atoms with Crippen LogP contribution < -0.4 is 10.6 Å². The van der Waals surface area contributed by atoms with Gasteiger partial charge in [-0.1, -0.05) is 13.8 Å². The van der Waals surface area contributed by atoms with Crippen molar-refractivity contribution in [1.82, 2.24) is 10.3 Å². The number of hydrogen-bond donors (Lipinski definition) is 2. The Kier molecular flexibility index (Phi) is 5.78. The smallest absolute Gasteiger partial charge is 0.225 e. The van der Waals surface area contributed by atoms with E-state index < -0.39 is 0 Å². The largest absolute Gasteiger partial charge is 0.315 e. The molecule has 4 nitrogen and oxygen atoms in total. The molecule has 0 atom stereocenters. The first kappa shape index (κ1) is 14.6. The fourth-order valence-electron chi connectivity index (χ4n) is 1.75. The molecule has 100 valence electrons. The number of anilines is 1. The van der Waals surface area contributed by atoms with Crippen LogP contribution in [-0.2, 0) is 4.79 Å². The Morgan fingerprint density at radius 3 is 2.67 bits per heavy atom. The van der Waals surface area contributed by atoms with Crippen LogP contribution in [0, 0.1) is 13.8 Å². The summed E-state index contributed by atoms with van der Waals surface area (Å²) in [4.78, 5) is 16.0. The summed E-state index contributed by atoms with van der Waals surface area (Å²) >= 11 is 0. The number of nitrogens with zero attached hydrogens (tertiary/aromatic N) is 1. The molecular weight excluding hydrogens is 226 g/mol. The molecule has 0 aliphatic carbocycles. The summed E-state index contributed by atoms with van der Waals surface area (Å²) in [6.45, 7) is 8.98. The van der Waals surface area contributed by atoms with Crippen LogP contribution in [0.15, 0.2) is 12.1 Å². The summed E-state index contributed by atoms with van der Waals surface area (Å²) in [5.41, 5.74) is 2.03. The van der Waals surface area contributed by atoms with Crippen molar-refractivity contribution >= 4 is 11.7 Å². The highest BCUT2D eigenvalue weighted by Crippen LogP contribution is 2.09. The summed E-state index contributed by atoms with van der Waals surface area (Å²) in [7, 11) is 0. The van der Waals surface area contributed by atoms with Crippen LogP contribution in [0.2, 0.25) is 0 Å². The minimum atomic E-state index is 0.0260.